The molecule has 1 aromatic carbocycles. The Hall–Kier alpha value is -0.770. The summed E-state index contributed by atoms with van der Waals surface area (Å²) in [7, 11) is 0. The Kier molecular flexibility index (Phi) is 3.73. The highest BCUT2D eigenvalue weighted by molar-refractivity contribution is 6.18. The van der Waals surface area contributed by atoms with Gasteiger partial charge in [-0.1, -0.05) is 18.2 Å². The van der Waals surface area contributed by atoms with Crippen LogP contribution < -0.4 is 4.74 Å². The lowest BCUT2D eigenvalue weighted by Crippen LogP contribution is -2.50. The molecule has 98 valence electrons. The number of nitrogens with zero attached hydrogens (tertiary/aromatic N) is 1. The molecular formula is C14H18ClNO2. The highest BCUT2D eigenvalue weighted by Crippen LogP contribution is 2.28. The molecule has 2 heterocycles. The zero-order valence-corrected chi connectivity index (χ0v) is 11.1. The molecule has 0 aliphatic carbocycles. The van der Waals surface area contributed by atoms with Crippen molar-refractivity contribution in [1.29, 1.82) is 0 Å². The van der Waals surface area contributed by atoms with Crippen molar-refractivity contribution < 1.29 is 9.47 Å². The first-order chi connectivity index (χ1) is 8.86. The third-order valence-corrected chi connectivity index (χ3v) is 4.04. The molecule has 1 aromatic rings. The Morgan fingerprint density at radius 3 is 3.06 bits per heavy atom. The minimum Gasteiger partial charge on any atom is -0.488 e. The summed E-state index contributed by atoms with van der Waals surface area (Å²) in [5.74, 6) is 1.66. The van der Waals surface area contributed by atoms with Crippen molar-refractivity contribution in [2.45, 2.75) is 18.6 Å². The molecule has 0 amide bonds. The van der Waals surface area contributed by atoms with E-state index in [0.29, 0.717) is 11.9 Å². The predicted octanol–water partition coefficient (Wildman–Crippen LogP) is 1.93. The highest BCUT2D eigenvalue weighted by atomic mass is 35.5. The SMILES string of the molecule is ClCC1COCCN1CC1Cc2ccccc2O1. The van der Waals surface area contributed by atoms with Gasteiger partial charge < -0.3 is 9.47 Å². The number of hydrogen-bond acceptors (Lipinski definition) is 3. The van der Waals surface area contributed by atoms with Crippen LogP contribution in [0.4, 0.5) is 0 Å². The zero-order valence-electron chi connectivity index (χ0n) is 10.3. The molecule has 3 rings (SSSR count). The number of para-hydroxylation sites is 1. The fourth-order valence-electron chi connectivity index (χ4n) is 2.69. The van der Waals surface area contributed by atoms with Crippen LogP contribution >= 0.6 is 11.6 Å². The van der Waals surface area contributed by atoms with Crippen LogP contribution in [-0.2, 0) is 11.2 Å². The van der Waals surface area contributed by atoms with E-state index in [1.165, 1.54) is 5.56 Å². The normalized spacial score (nSPS) is 27.8. The molecule has 4 heteroatoms. The van der Waals surface area contributed by atoms with E-state index < -0.39 is 0 Å². The van der Waals surface area contributed by atoms with Gasteiger partial charge in [0.25, 0.3) is 0 Å². The van der Waals surface area contributed by atoms with Crippen molar-refractivity contribution >= 4 is 11.6 Å². The number of rotatable bonds is 3. The van der Waals surface area contributed by atoms with Gasteiger partial charge in [0.2, 0.25) is 0 Å². The summed E-state index contributed by atoms with van der Waals surface area (Å²) < 4.78 is 11.4. The molecule has 2 aliphatic heterocycles. The smallest absolute Gasteiger partial charge is 0.123 e. The maximum atomic E-state index is 5.99. The Balaban J connectivity index is 1.61. The minimum absolute atomic E-state index is 0.256. The number of hydrogen-bond donors (Lipinski definition) is 0. The fraction of sp³-hybridized carbons (Fsp3) is 0.571. The van der Waals surface area contributed by atoms with Crippen LogP contribution in [0.15, 0.2) is 24.3 Å². The van der Waals surface area contributed by atoms with Crippen molar-refractivity contribution in [3.8, 4) is 5.75 Å². The average Bonchev–Trinajstić information content (AvgIpc) is 2.81. The van der Waals surface area contributed by atoms with Crippen molar-refractivity contribution in [3.05, 3.63) is 29.8 Å². The summed E-state index contributed by atoms with van der Waals surface area (Å²) in [6.45, 7) is 3.43. The number of benzene rings is 1. The summed E-state index contributed by atoms with van der Waals surface area (Å²) in [5.41, 5.74) is 1.32. The molecule has 1 fully saturated rings. The van der Waals surface area contributed by atoms with Crippen LogP contribution in [0.2, 0.25) is 0 Å². The first kappa shape index (κ1) is 12.3. The van der Waals surface area contributed by atoms with E-state index >= 15 is 0 Å². The Bertz CT molecular complexity index is 388. The van der Waals surface area contributed by atoms with Gasteiger partial charge in [-0.25, -0.2) is 0 Å². The van der Waals surface area contributed by atoms with E-state index in [2.05, 4.69) is 17.0 Å². The van der Waals surface area contributed by atoms with Crippen LogP contribution in [0.3, 0.4) is 0 Å². The van der Waals surface area contributed by atoms with Crippen LogP contribution in [0.25, 0.3) is 0 Å². The van der Waals surface area contributed by atoms with Gasteiger partial charge in [-0.15, -0.1) is 11.6 Å². The minimum atomic E-state index is 0.256. The summed E-state index contributed by atoms with van der Waals surface area (Å²) in [6, 6.07) is 8.62. The van der Waals surface area contributed by atoms with Gasteiger partial charge in [-0.3, -0.25) is 4.90 Å². The molecule has 3 nitrogen and oxygen atoms in total. The van der Waals surface area contributed by atoms with E-state index in [0.717, 1.165) is 38.5 Å². The summed E-state index contributed by atoms with van der Waals surface area (Å²) in [4.78, 5) is 2.40. The van der Waals surface area contributed by atoms with Crippen molar-refractivity contribution in [1.82, 2.24) is 4.90 Å². The zero-order chi connectivity index (χ0) is 12.4. The maximum absolute atomic E-state index is 5.99. The summed E-state index contributed by atoms with van der Waals surface area (Å²) in [6.07, 6.45) is 1.26. The van der Waals surface area contributed by atoms with Crippen LogP contribution in [0, 0.1) is 0 Å². The third kappa shape index (κ3) is 2.48. The molecule has 0 saturated carbocycles. The highest BCUT2D eigenvalue weighted by Gasteiger charge is 2.29. The maximum Gasteiger partial charge on any atom is 0.123 e. The molecule has 2 unspecified atom stereocenters. The van der Waals surface area contributed by atoms with Gasteiger partial charge in [-0.2, -0.15) is 0 Å². The largest absolute Gasteiger partial charge is 0.488 e. The Morgan fingerprint density at radius 2 is 2.22 bits per heavy atom. The molecule has 2 atom stereocenters. The second-order valence-electron chi connectivity index (χ2n) is 4.93. The number of halogens is 1. The molecule has 0 bridgehead atoms. The number of ether oxygens (including phenoxy) is 2. The van der Waals surface area contributed by atoms with Gasteiger partial charge in [0, 0.05) is 31.4 Å². The molecular weight excluding hydrogens is 250 g/mol. The topological polar surface area (TPSA) is 21.7 Å². The van der Waals surface area contributed by atoms with E-state index in [1.807, 2.05) is 12.1 Å². The number of morpholine rings is 1. The van der Waals surface area contributed by atoms with Crippen molar-refractivity contribution in [3.63, 3.8) is 0 Å². The standard InChI is InChI=1S/C14H18ClNO2/c15-8-12-10-17-6-5-16(12)9-13-7-11-3-1-2-4-14(11)18-13/h1-4,12-13H,5-10H2. The van der Waals surface area contributed by atoms with Gasteiger partial charge in [-0.05, 0) is 11.6 Å². The van der Waals surface area contributed by atoms with Gasteiger partial charge in [0.15, 0.2) is 0 Å². The third-order valence-electron chi connectivity index (χ3n) is 3.68. The first-order valence-electron chi connectivity index (χ1n) is 6.49. The van der Waals surface area contributed by atoms with E-state index in [-0.39, 0.29) is 6.10 Å². The van der Waals surface area contributed by atoms with E-state index in [1.54, 1.807) is 0 Å². The van der Waals surface area contributed by atoms with Crippen molar-refractivity contribution in [2.75, 3.05) is 32.2 Å². The predicted molar refractivity (Wildman–Crippen MR) is 71.5 cm³/mol. The molecule has 1 saturated heterocycles. The lowest BCUT2D eigenvalue weighted by atomic mass is 10.1. The molecule has 0 aromatic heterocycles. The average molecular weight is 268 g/mol. The molecule has 0 spiro atoms. The summed E-state index contributed by atoms with van der Waals surface area (Å²) in [5, 5.41) is 0. The Labute approximate surface area is 113 Å². The fourth-order valence-corrected chi connectivity index (χ4v) is 2.97. The lowest BCUT2D eigenvalue weighted by molar-refractivity contribution is -0.0126. The van der Waals surface area contributed by atoms with E-state index in [4.69, 9.17) is 21.1 Å². The van der Waals surface area contributed by atoms with Crippen LogP contribution in [0.1, 0.15) is 5.56 Å². The second kappa shape index (κ2) is 5.47. The number of alkyl halides is 1. The van der Waals surface area contributed by atoms with Crippen LogP contribution in [0.5, 0.6) is 5.75 Å². The lowest BCUT2D eigenvalue weighted by Gasteiger charge is -2.35. The molecule has 0 N–H and O–H groups in total. The quantitative estimate of drug-likeness (QED) is 0.781. The first-order valence-corrected chi connectivity index (χ1v) is 7.02. The van der Waals surface area contributed by atoms with Crippen molar-refractivity contribution in [2.24, 2.45) is 0 Å². The Morgan fingerprint density at radius 1 is 1.33 bits per heavy atom. The second-order valence-corrected chi connectivity index (χ2v) is 5.24. The van der Waals surface area contributed by atoms with E-state index in [9.17, 15) is 0 Å². The van der Waals surface area contributed by atoms with Gasteiger partial charge >= 0.3 is 0 Å². The summed E-state index contributed by atoms with van der Waals surface area (Å²) >= 11 is 5.99. The van der Waals surface area contributed by atoms with Gasteiger partial charge in [0.1, 0.15) is 11.9 Å². The monoisotopic (exact) mass is 267 g/mol. The number of fused-ring (bicyclic) bond motifs is 1. The molecule has 0 radical (unpaired) electrons. The molecule has 18 heavy (non-hydrogen) atoms. The van der Waals surface area contributed by atoms with Crippen LogP contribution in [-0.4, -0.2) is 49.2 Å². The van der Waals surface area contributed by atoms with Gasteiger partial charge in [0.05, 0.1) is 13.2 Å². The molecule has 2 aliphatic rings.